The third-order valence-electron chi connectivity index (χ3n) is 3.22. The molecule has 2 aromatic rings. The van der Waals surface area contributed by atoms with Gasteiger partial charge in [-0.25, -0.2) is 13.4 Å². The molecule has 2 heterocycles. The van der Waals surface area contributed by atoms with Crippen LogP contribution < -0.4 is 0 Å². The van der Waals surface area contributed by atoms with E-state index >= 15 is 0 Å². The Labute approximate surface area is 127 Å². The largest absolute Gasteiger partial charge is 0.253 e. The first-order valence-electron chi connectivity index (χ1n) is 6.46. The molecule has 0 aromatic carbocycles. The van der Waals surface area contributed by atoms with Gasteiger partial charge in [-0.3, -0.25) is 0 Å². The number of aryl methyl sites for hydroxylation is 2. The summed E-state index contributed by atoms with van der Waals surface area (Å²) in [7, 11) is -3.39. The number of nitrogens with zero attached hydrogens (tertiary/aromatic N) is 2. The number of rotatable bonds is 5. The van der Waals surface area contributed by atoms with Crippen molar-refractivity contribution in [3.05, 3.63) is 33.1 Å². The molecule has 0 saturated heterocycles. The summed E-state index contributed by atoms with van der Waals surface area (Å²) in [5, 5.41) is 2.92. The highest BCUT2D eigenvalue weighted by molar-refractivity contribution is 7.91. The van der Waals surface area contributed by atoms with Gasteiger partial charge in [-0.1, -0.05) is 0 Å². The van der Waals surface area contributed by atoms with Crippen LogP contribution in [0.3, 0.4) is 0 Å². The van der Waals surface area contributed by atoms with Gasteiger partial charge in [0.2, 0.25) is 0 Å². The van der Waals surface area contributed by atoms with E-state index in [2.05, 4.69) is 4.98 Å². The summed E-state index contributed by atoms with van der Waals surface area (Å²) in [6.45, 7) is 4.25. The Balaban J connectivity index is 1.90. The number of aromatic nitrogens is 1. The van der Waals surface area contributed by atoms with Crippen molar-refractivity contribution < 1.29 is 8.42 Å². The topological polar surface area (TPSA) is 50.3 Å². The molecule has 0 amide bonds. The Morgan fingerprint density at radius 3 is 2.60 bits per heavy atom. The predicted octanol–water partition coefficient (Wildman–Crippen LogP) is 3.17. The molecular formula is C13H16N2O2S3. The van der Waals surface area contributed by atoms with Gasteiger partial charge in [0.05, 0.1) is 17.2 Å². The van der Waals surface area contributed by atoms with E-state index in [-0.39, 0.29) is 6.04 Å². The molecule has 0 unspecified atom stereocenters. The fraction of sp³-hybridized carbons (Fsp3) is 0.462. The van der Waals surface area contributed by atoms with E-state index in [0.717, 1.165) is 28.4 Å². The minimum absolute atomic E-state index is 0.143. The standard InChI is InChI=1S/C13H16N2O2S3/c1-9-3-6-13(19-9)20(16,17)15(12-4-5-12)7-11-8-18-10(2)14-11/h3,6,8,12H,4-5,7H2,1-2H3. The van der Waals surface area contributed by atoms with E-state index in [9.17, 15) is 8.42 Å². The van der Waals surface area contributed by atoms with Crippen LogP contribution >= 0.6 is 22.7 Å². The molecule has 0 N–H and O–H groups in total. The minimum atomic E-state index is -3.39. The van der Waals surface area contributed by atoms with Gasteiger partial charge < -0.3 is 0 Å². The summed E-state index contributed by atoms with van der Waals surface area (Å²) in [6, 6.07) is 3.71. The summed E-state index contributed by atoms with van der Waals surface area (Å²) in [6.07, 6.45) is 1.90. The third kappa shape index (κ3) is 2.81. The lowest BCUT2D eigenvalue weighted by Gasteiger charge is -2.19. The van der Waals surface area contributed by atoms with Crippen LogP contribution in [-0.4, -0.2) is 23.7 Å². The Kier molecular flexibility index (Phi) is 3.70. The van der Waals surface area contributed by atoms with Crippen LogP contribution in [0.4, 0.5) is 0 Å². The van der Waals surface area contributed by atoms with Crippen LogP contribution in [0.15, 0.2) is 21.7 Å². The maximum Gasteiger partial charge on any atom is 0.253 e. The Bertz CT molecular complexity index is 714. The lowest BCUT2D eigenvalue weighted by Crippen LogP contribution is -2.32. The van der Waals surface area contributed by atoms with Crippen molar-refractivity contribution in [1.29, 1.82) is 0 Å². The van der Waals surface area contributed by atoms with E-state index in [1.807, 2.05) is 25.3 Å². The molecule has 2 aromatic heterocycles. The average molecular weight is 328 g/mol. The fourth-order valence-electron chi connectivity index (χ4n) is 2.08. The number of hydrogen-bond donors (Lipinski definition) is 0. The molecule has 1 aliphatic carbocycles. The summed E-state index contributed by atoms with van der Waals surface area (Å²) in [5.74, 6) is 0. The number of sulfonamides is 1. The summed E-state index contributed by atoms with van der Waals surface area (Å²) in [4.78, 5) is 5.41. The molecular weight excluding hydrogens is 312 g/mol. The van der Waals surface area contributed by atoms with Crippen LogP contribution in [0.2, 0.25) is 0 Å². The van der Waals surface area contributed by atoms with Crippen molar-refractivity contribution in [2.45, 2.75) is 43.5 Å². The van der Waals surface area contributed by atoms with Gasteiger partial charge in [-0.15, -0.1) is 22.7 Å². The van der Waals surface area contributed by atoms with E-state index in [4.69, 9.17) is 0 Å². The van der Waals surface area contributed by atoms with Crippen molar-refractivity contribution in [3.8, 4) is 0 Å². The van der Waals surface area contributed by atoms with Gasteiger partial charge in [0.25, 0.3) is 10.0 Å². The molecule has 3 rings (SSSR count). The molecule has 108 valence electrons. The highest BCUT2D eigenvalue weighted by atomic mass is 32.2. The molecule has 0 atom stereocenters. The second kappa shape index (κ2) is 5.22. The van der Waals surface area contributed by atoms with Gasteiger partial charge in [0.15, 0.2) is 0 Å². The first-order chi connectivity index (χ1) is 9.46. The third-order valence-corrected chi connectivity index (χ3v) is 7.41. The van der Waals surface area contributed by atoms with E-state index in [1.54, 1.807) is 21.7 Å². The molecule has 7 heteroatoms. The SMILES string of the molecule is Cc1ccc(S(=O)(=O)N(Cc2csc(C)n2)C2CC2)s1. The maximum absolute atomic E-state index is 12.8. The van der Waals surface area contributed by atoms with Crippen LogP contribution in [-0.2, 0) is 16.6 Å². The monoisotopic (exact) mass is 328 g/mol. The second-order valence-electron chi connectivity index (χ2n) is 5.00. The fourth-order valence-corrected chi connectivity index (χ4v) is 5.75. The predicted molar refractivity (Wildman–Crippen MR) is 81.7 cm³/mol. The van der Waals surface area contributed by atoms with E-state index in [1.165, 1.54) is 11.3 Å². The smallest absolute Gasteiger partial charge is 0.245 e. The number of thiophene rings is 1. The zero-order valence-electron chi connectivity index (χ0n) is 11.4. The lowest BCUT2D eigenvalue weighted by atomic mass is 10.4. The van der Waals surface area contributed by atoms with Gasteiger partial charge in [0, 0.05) is 16.3 Å². The Morgan fingerprint density at radius 2 is 2.10 bits per heavy atom. The molecule has 4 nitrogen and oxygen atoms in total. The van der Waals surface area contributed by atoms with Crippen LogP contribution in [0.1, 0.15) is 28.4 Å². The Morgan fingerprint density at radius 1 is 1.35 bits per heavy atom. The molecule has 0 radical (unpaired) electrons. The van der Waals surface area contributed by atoms with Crippen molar-refractivity contribution >= 4 is 32.7 Å². The molecule has 1 saturated carbocycles. The maximum atomic E-state index is 12.8. The molecule has 0 spiro atoms. The van der Waals surface area contributed by atoms with Crippen LogP contribution in [0.25, 0.3) is 0 Å². The average Bonchev–Trinajstić information content (AvgIpc) is 2.99. The minimum Gasteiger partial charge on any atom is -0.245 e. The van der Waals surface area contributed by atoms with Crippen molar-refractivity contribution in [1.82, 2.24) is 9.29 Å². The summed E-state index contributed by atoms with van der Waals surface area (Å²) in [5.41, 5.74) is 0.844. The van der Waals surface area contributed by atoms with Gasteiger partial charge in [-0.2, -0.15) is 4.31 Å². The molecule has 1 aliphatic rings. The van der Waals surface area contributed by atoms with Crippen LogP contribution in [0.5, 0.6) is 0 Å². The van der Waals surface area contributed by atoms with Gasteiger partial charge >= 0.3 is 0 Å². The summed E-state index contributed by atoms with van der Waals surface area (Å²) >= 11 is 2.90. The highest BCUT2D eigenvalue weighted by Gasteiger charge is 2.39. The highest BCUT2D eigenvalue weighted by Crippen LogP contribution is 2.35. The zero-order chi connectivity index (χ0) is 14.3. The molecule has 20 heavy (non-hydrogen) atoms. The van der Waals surface area contributed by atoms with Crippen molar-refractivity contribution in [3.63, 3.8) is 0 Å². The Hall–Kier alpha value is -0.760. The zero-order valence-corrected chi connectivity index (χ0v) is 13.8. The number of thiazole rings is 1. The normalized spacial score (nSPS) is 15.9. The number of hydrogen-bond acceptors (Lipinski definition) is 5. The van der Waals surface area contributed by atoms with Crippen molar-refractivity contribution in [2.24, 2.45) is 0 Å². The van der Waals surface area contributed by atoms with Crippen LogP contribution in [0, 0.1) is 13.8 Å². The molecule has 0 bridgehead atoms. The first-order valence-corrected chi connectivity index (χ1v) is 9.60. The quantitative estimate of drug-likeness (QED) is 0.847. The second-order valence-corrected chi connectivity index (χ2v) is 9.47. The first kappa shape index (κ1) is 14.2. The van der Waals surface area contributed by atoms with E-state index in [0.29, 0.717) is 10.8 Å². The van der Waals surface area contributed by atoms with Crippen molar-refractivity contribution in [2.75, 3.05) is 0 Å². The summed E-state index contributed by atoms with van der Waals surface area (Å²) < 4.78 is 27.6. The molecule has 1 fully saturated rings. The molecule has 0 aliphatic heterocycles. The lowest BCUT2D eigenvalue weighted by molar-refractivity contribution is 0.396. The van der Waals surface area contributed by atoms with Gasteiger partial charge in [0.1, 0.15) is 4.21 Å². The van der Waals surface area contributed by atoms with Gasteiger partial charge in [-0.05, 0) is 38.8 Å². The van der Waals surface area contributed by atoms with E-state index < -0.39 is 10.0 Å².